The number of benzene rings is 1. The second-order valence-electron chi connectivity index (χ2n) is 5.04. The van der Waals surface area contributed by atoms with Crippen molar-refractivity contribution in [2.45, 2.75) is 39.0 Å². The number of hydrogen-bond donors (Lipinski definition) is 1. The minimum atomic E-state index is -1.02. The largest absolute Gasteiger partial charge is 0.490 e. The van der Waals surface area contributed by atoms with Gasteiger partial charge in [-0.3, -0.25) is 0 Å². The third-order valence-corrected chi connectivity index (χ3v) is 3.46. The predicted molar refractivity (Wildman–Crippen MR) is 87.6 cm³/mol. The van der Waals surface area contributed by atoms with Gasteiger partial charge in [-0.25, -0.2) is 4.79 Å². The van der Waals surface area contributed by atoms with Gasteiger partial charge in [-0.2, -0.15) is 0 Å². The van der Waals surface area contributed by atoms with E-state index in [1.54, 1.807) is 0 Å². The molecule has 0 aliphatic carbocycles. The number of carboxylic acid groups (broad SMARTS) is 1. The molecule has 0 aliphatic rings. The molecule has 1 aromatic carbocycles. The molecule has 0 saturated heterocycles. The fourth-order valence-electron chi connectivity index (χ4n) is 2.37. The van der Waals surface area contributed by atoms with Crippen molar-refractivity contribution in [2.75, 3.05) is 20.3 Å². The summed E-state index contributed by atoms with van der Waals surface area (Å²) in [4.78, 5) is 11.4. The minimum absolute atomic E-state index is 0.0421. The van der Waals surface area contributed by atoms with Gasteiger partial charge in [0.1, 0.15) is 0 Å². The van der Waals surface area contributed by atoms with Gasteiger partial charge in [0.25, 0.3) is 0 Å². The van der Waals surface area contributed by atoms with Crippen molar-refractivity contribution in [2.24, 2.45) is 0 Å². The topological polar surface area (TPSA) is 55.8 Å². The predicted octanol–water partition coefficient (Wildman–Crippen LogP) is 4.12. The summed E-state index contributed by atoms with van der Waals surface area (Å²) < 4.78 is 10.4. The number of methoxy groups -OCH3 is 1. The quantitative estimate of drug-likeness (QED) is 0.379. The van der Waals surface area contributed by atoms with Crippen molar-refractivity contribution in [1.29, 1.82) is 0 Å². The number of carboxylic acids is 1. The lowest BCUT2D eigenvalue weighted by Crippen LogP contribution is -2.06. The Bertz CT molecular complexity index is 465. The van der Waals surface area contributed by atoms with Crippen LogP contribution in [0.3, 0.4) is 0 Å². The number of aliphatic carboxylic acids is 1. The Morgan fingerprint density at radius 3 is 2.36 bits per heavy atom. The summed E-state index contributed by atoms with van der Waals surface area (Å²) in [7, 11) is 1.41. The van der Waals surface area contributed by atoms with E-state index in [0.717, 1.165) is 50.0 Å². The van der Waals surface area contributed by atoms with Gasteiger partial charge in [0.05, 0.1) is 7.11 Å². The average Bonchev–Trinajstić information content (AvgIpc) is 2.53. The summed E-state index contributed by atoms with van der Waals surface area (Å²) in [5, 5.41) is 9.31. The smallest absolute Gasteiger partial charge is 0.371 e. The van der Waals surface area contributed by atoms with E-state index < -0.39 is 5.97 Å². The fraction of sp³-hybridized carbons (Fsp3) is 0.500. The van der Waals surface area contributed by atoms with Crippen molar-refractivity contribution >= 4 is 11.5 Å². The van der Waals surface area contributed by atoms with E-state index in [-0.39, 0.29) is 5.76 Å². The van der Waals surface area contributed by atoms with Crippen LogP contribution in [0.1, 0.15) is 44.6 Å². The van der Waals surface area contributed by atoms with E-state index in [2.05, 4.69) is 0 Å². The second-order valence-corrected chi connectivity index (χ2v) is 5.04. The molecule has 0 heterocycles. The van der Waals surface area contributed by atoms with Gasteiger partial charge in [0, 0.05) is 18.8 Å². The van der Waals surface area contributed by atoms with E-state index >= 15 is 0 Å². The Kier molecular flexibility index (Phi) is 9.00. The van der Waals surface area contributed by atoms with Gasteiger partial charge in [0.2, 0.25) is 5.76 Å². The molecule has 4 nitrogen and oxygen atoms in total. The first-order chi connectivity index (χ1) is 10.7. The molecule has 1 rings (SSSR count). The molecule has 0 saturated carbocycles. The highest BCUT2D eigenvalue weighted by Gasteiger charge is 2.16. The number of unbranched alkanes of at least 4 members (excludes halogenated alkanes) is 3. The van der Waals surface area contributed by atoms with Crippen LogP contribution >= 0.6 is 0 Å². The maximum absolute atomic E-state index is 11.4. The van der Waals surface area contributed by atoms with Crippen molar-refractivity contribution in [3.63, 3.8) is 0 Å². The Balaban J connectivity index is 2.63. The minimum Gasteiger partial charge on any atom is -0.490 e. The van der Waals surface area contributed by atoms with Crippen molar-refractivity contribution < 1.29 is 19.4 Å². The van der Waals surface area contributed by atoms with E-state index in [4.69, 9.17) is 9.47 Å². The monoisotopic (exact) mass is 306 g/mol. The first kappa shape index (κ1) is 18.2. The van der Waals surface area contributed by atoms with Gasteiger partial charge in [-0.1, -0.05) is 43.2 Å². The summed E-state index contributed by atoms with van der Waals surface area (Å²) in [6.45, 7) is 3.56. The van der Waals surface area contributed by atoms with E-state index in [9.17, 15) is 9.90 Å². The second kappa shape index (κ2) is 10.9. The summed E-state index contributed by atoms with van der Waals surface area (Å²) >= 11 is 0. The van der Waals surface area contributed by atoms with Crippen LogP contribution in [0.4, 0.5) is 0 Å². The van der Waals surface area contributed by atoms with Gasteiger partial charge in [-0.15, -0.1) is 0 Å². The van der Waals surface area contributed by atoms with Crippen molar-refractivity contribution in [3.8, 4) is 0 Å². The van der Waals surface area contributed by atoms with Crippen molar-refractivity contribution in [1.82, 2.24) is 0 Å². The van der Waals surface area contributed by atoms with Crippen molar-refractivity contribution in [3.05, 3.63) is 41.7 Å². The van der Waals surface area contributed by atoms with E-state index in [0.29, 0.717) is 6.42 Å². The molecule has 0 spiro atoms. The maximum Gasteiger partial charge on any atom is 0.371 e. The molecular formula is C18H26O4. The highest BCUT2D eigenvalue weighted by atomic mass is 16.5. The van der Waals surface area contributed by atoms with Gasteiger partial charge < -0.3 is 14.6 Å². The van der Waals surface area contributed by atoms with Crippen LogP contribution in [-0.4, -0.2) is 31.4 Å². The summed E-state index contributed by atoms with van der Waals surface area (Å²) in [5.41, 5.74) is 1.68. The number of rotatable bonds is 11. The number of carbonyl (C=O) groups is 1. The Labute approximate surface area is 132 Å². The van der Waals surface area contributed by atoms with Crippen LogP contribution in [0.15, 0.2) is 36.1 Å². The van der Waals surface area contributed by atoms with E-state index in [1.165, 1.54) is 7.11 Å². The molecule has 0 amide bonds. The van der Waals surface area contributed by atoms with Crippen LogP contribution in [-0.2, 0) is 14.3 Å². The molecule has 0 fully saturated rings. The summed E-state index contributed by atoms with van der Waals surface area (Å²) in [6.07, 6.45) is 4.84. The fourth-order valence-corrected chi connectivity index (χ4v) is 2.37. The normalized spacial score (nSPS) is 11.9. The highest BCUT2D eigenvalue weighted by Crippen LogP contribution is 2.25. The lowest BCUT2D eigenvalue weighted by Gasteiger charge is -2.12. The SMILES string of the molecule is CCOCCCCCCC(=C(OC)C(=O)O)c1ccccc1. The van der Waals surface area contributed by atoms with Crippen LogP contribution in [0, 0.1) is 0 Å². The van der Waals surface area contributed by atoms with Crippen LogP contribution in [0.2, 0.25) is 0 Å². The molecule has 1 N–H and O–H groups in total. The first-order valence-electron chi connectivity index (χ1n) is 7.84. The highest BCUT2D eigenvalue weighted by molar-refractivity contribution is 5.94. The zero-order chi connectivity index (χ0) is 16.2. The van der Waals surface area contributed by atoms with Crippen LogP contribution in [0.5, 0.6) is 0 Å². The molecule has 0 unspecified atom stereocenters. The van der Waals surface area contributed by atoms with Gasteiger partial charge in [0.15, 0.2) is 0 Å². The standard InChI is InChI=1S/C18H26O4/c1-3-22-14-10-5-4-9-13-16(17(21-2)18(19)20)15-11-7-6-8-12-15/h6-8,11-12H,3-5,9-10,13-14H2,1-2H3,(H,19,20). The first-order valence-corrected chi connectivity index (χ1v) is 7.84. The van der Waals surface area contributed by atoms with Crippen LogP contribution in [0.25, 0.3) is 5.57 Å². The lowest BCUT2D eigenvalue weighted by atomic mass is 9.98. The maximum atomic E-state index is 11.4. The third-order valence-electron chi connectivity index (χ3n) is 3.46. The molecular weight excluding hydrogens is 280 g/mol. The molecule has 0 aliphatic heterocycles. The summed E-state index contributed by atoms with van der Waals surface area (Å²) in [6, 6.07) is 9.58. The molecule has 0 atom stereocenters. The lowest BCUT2D eigenvalue weighted by molar-refractivity contribution is -0.135. The zero-order valence-electron chi connectivity index (χ0n) is 13.5. The van der Waals surface area contributed by atoms with Crippen LogP contribution < -0.4 is 0 Å². The molecule has 1 aromatic rings. The van der Waals surface area contributed by atoms with Gasteiger partial charge >= 0.3 is 5.97 Å². The molecule has 122 valence electrons. The van der Waals surface area contributed by atoms with E-state index in [1.807, 2.05) is 37.3 Å². The molecule has 0 aromatic heterocycles. The molecule has 22 heavy (non-hydrogen) atoms. The van der Waals surface area contributed by atoms with Gasteiger partial charge in [-0.05, 0) is 31.7 Å². The molecule has 4 heteroatoms. The number of hydrogen-bond acceptors (Lipinski definition) is 3. The Morgan fingerprint density at radius 1 is 1.09 bits per heavy atom. The molecule has 0 bridgehead atoms. The third kappa shape index (κ3) is 6.31. The number of ether oxygens (including phenoxy) is 2. The number of allylic oxidation sites excluding steroid dienone is 1. The Morgan fingerprint density at radius 2 is 1.77 bits per heavy atom. The molecule has 0 radical (unpaired) electrons. The zero-order valence-corrected chi connectivity index (χ0v) is 13.5. The Hall–Kier alpha value is -1.81. The summed E-state index contributed by atoms with van der Waals surface area (Å²) in [5.74, 6) is -0.974. The average molecular weight is 306 g/mol.